The molecule has 0 aromatic heterocycles. The van der Waals surface area contributed by atoms with Crippen LogP contribution < -0.4 is 5.32 Å². The lowest BCUT2D eigenvalue weighted by Gasteiger charge is -2.31. The van der Waals surface area contributed by atoms with E-state index in [2.05, 4.69) is 17.3 Å². The fourth-order valence-corrected chi connectivity index (χ4v) is 2.47. The standard InChI is InChI=1S/C14H21ClN2O/c1-17(14-5-9-18-10-6-14)8-7-16-13-4-2-3-12(15)11-13/h2-4,11,14,16H,5-10H2,1H3. The molecule has 1 aliphatic heterocycles. The van der Waals surface area contributed by atoms with Gasteiger partial charge in [-0.25, -0.2) is 0 Å². The second-order valence-corrected chi connectivity index (χ2v) is 5.20. The van der Waals surface area contributed by atoms with Gasteiger partial charge < -0.3 is 15.0 Å². The van der Waals surface area contributed by atoms with Crippen LogP contribution in [-0.4, -0.2) is 44.3 Å². The summed E-state index contributed by atoms with van der Waals surface area (Å²) in [7, 11) is 2.19. The Balaban J connectivity index is 1.71. The van der Waals surface area contributed by atoms with Gasteiger partial charge in [-0.05, 0) is 38.1 Å². The van der Waals surface area contributed by atoms with Crippen LogP contribution in [0.15, 0.2) is 24.3 Å². The Labute approximate surface area is 114 Å². The summed E-state index contributed by atoms with van der Waals surface area (Å²) >= 11 is 5.94. The predicted molar refractivity (Wildman–Crippen MR) is 76.4 cm³/mol. The molecular weight excluding hydrogens is 248 g/mol. The third kappa shape index (κ3) is 4.16. The molecule has 0 aliphatic carbocycles. The molecule has 1 aromatic carbocycles. The third-order valence-corrected chi connectivity index (χ3v) is 3.67. The number of nitrogens with one attached hydrogen (secondary N) is 1. The van der Waals surface area contributed by atoms with Gasteiger partial charge >= 0.3 is 0 Å². The molecule has 4 heteroatoms. The molecule has 0 amide bonds. The van der Waals surface area contributed by atoms with Gasteiger partial charge in [-0.15, -0.1) is 0 Å². The van der Waals surface area contributed by atoms with E-state index in [1.807, 2.05) is 24.3 Å². The van der Waals surface area contributed by atoms with Crippen LogP contribution in [0, 0.1) is 0 Å². The Kier molecular flexibility index (Phi) is 5.29. The normalized spacial score (nSPS) is 17.1. The molecule has 0 radical (unpaired) electrons. The van der Waals surface area contributed by atoms with Gasteiger partial charge in [0.05, 0.1) is 0 Å². The van der Waals surface area contributed by atoms with E-state index in [9.17, 15) is 0 Å². The van der Waals surface area contributed by atoms with Crippen LogP contribution in [0.4, 0.5) is 5.69 Å². The van der Waals surface area contributed by atoms with Crippen molar-refractivity contribution in [2.45, 2.75) is 18.9 Å². The van der Waals surface area contributed by atoms with Crippen molar-refractivity contribution in [2.75, 3.05) is 38.7 Å². The molecular formula is C14H21ClN2O. The molecule has 100 valence electrons. The maximum absolute atomic E-state index is 5.94. The van der Waals surface area contributed by atoms with E-state index < -0.39 is 0 Å². The molecule has 0 spiro atoms. The number of ether oxygens (including phenoxy) is 1. The first-order chi connectivity index (χ1) is 8.75. The zero-order valence-corrected chi connectivity index (χ0v) is 11.6. The second kappa shape index (κ2) is 6.98. The van der Waals surface area contributed by atoms with Crippen LogP contribution in [0.1, 0.15) is 12.8 Å². The number of anilines is 1. The quantitative estimate of drug-likeness (QED) is 0.889. The number of hydrogen-bond donors (Lipinski definition) is 1. The van der Waals surface area contributed by atoms with E-state index in [4.69, 9.17) is 16.3 Å². The molecule has 1 aromatic rings. The van der Waals surface area contributed by atoms with Gasteiger partial charge in [0.1, 0.15) is 0 Å². The molecule has 1 heterocycles. The molecule has 1 fully saturated rings. The largest absolute Gasteiger partial charge is 0.384 e. The number of rotatable bonds is 5. The van der Waals surface area contributed by atoms with Gasteiger partial charge in [-0.3, -0.25) is 0 Å². The predicted octanol–water partition coefficient (Wildman–Crippen LogP) is 2.86. The summed E-state index contributed by atoms with van der Waals surface area (Å²) in [6.45, 7) is 3.78. The summed E-state index contributed by atoms with van der Waals surface area (Å²) in [4.78, 5) is 2.42. The Bertz CT molecular complexity index is 367. The van der Waals surface area contributed by atoms with Crippen molar-refractivity contribution in [1.29, 1.82) is 0 Å². The van der Waals surface area contributed by atoms with Crippen molar-refractivity contribution in [2.24, 2.45) is 0 Å². The first kappa shape index (κ1) is 13.7. The highest BCUT2D eigenvalue weighted by Crippen LogP contribution is 2.15. The molecule has 0 unspecified atom stereocenters. The van der Waals surface area contributed by atoms with Crippen molar-refractivity contribution < 1.29 is 4.74 Å². The molecule has 18 heavy (non-hydrogen) atoms. The van der Waals surface area contributed by atoms with E-state index in [0.717, 1.165) is 49.9 Å². The highest BCUT2D eigenvalue weighted by atomic mass is 35.5. The van der Waals surface area contributed by atoms with Crippen LogP contribution >= 0.6 is 11.6 Å². The summed E-state index contributed by atoms with van der Waals surface area (Å²) in [6, 6.07) is 8.52. The minimum Gasteiger partial charge on any atom is -0.384 e. The molecule has 1 N–H and O–H groups in total. The van der Waals surface area contributed by atoms with Gasteiger partial charge in [-0.2, -0.15) is 0 Å². The topological polar surface area (TPSA) is 24.5 Å². The van der Waals surface area contributed by atoms with Crippen molar-refractivity contribution in [3.63, 3.8) is 0 Å². The highest BCUT2D eigenvalue weighted by Gasteiger charge is 2.17. The summed E-state index contributed by atoms with van der Waals surface area (Å²) in [5.74, 6) is 0. The van der Waals surface area contributed by atoms with Crippen LogP contribution in [0.25, 0.3) is 0 Å². The van der Waals surface area contributed by atoms with Gasteiger partial charge in [0.2, 0.25) is 0 Å². The summed E-state index contributed by atoms with van der Waals surface area (Å²) < 4.78 is 5.38. The maximum atomic E-state index is 5.94. The van der Waals surface area contributed by atoms with Gasteiger partial charge in [0, 0.05) is 43.1 Å². The highest BCUT2D eigenvalue weighted by molar-refractivity contribution is 6.30. The number of halogens is 1. The SMILES string of the molecule is CN(CCNc1cccc(Cl)c1)C1CCOCC1. The Morgan fingerprint density at radius 1 is 1.39 bits per heavy atom. The number of benzene rings is 1. The van der Waals surface area contributed by atoms with Gasteiger partial charge in [-0.1, -0.05) is 17.7 Å². The number of hydrogen-bond acceptors (Lipinski definition) is 3. The smallest absolute Gasteiger partial charge is 0.0480 e. The minimum atomic E-state index is 0.667. The fourth-order valence-electron chi connectivity index (χ4n) is 2.28. The van der Waals surface area contributed by atoms with Gasteiger partial charge in [0.15, 0.2) is 0 Å². The molecule has 0 bridgehead atoms. The summed E-state index contributed by atoms with van der Waals surface area (Å²) in [5, 5.41) is 4.17. The molecule has 1 aliphatic rings. The van der Waals surface area contributed by atoms with Crippen molar-refractivity contribution >= 4 is 17.3 Å². The second-order valence-electron chi connectivity index (χ2n) is 4.76. The van der Waals surface area contributed by atoms with Crippen LogP contribution in [0.5, 0.6) is 0 Å². The number of likely N-dealkylation sites (N-methyl/N-ethyl adjacent to an activating group) is 1. The Morgan fingerprint density at radius 2 is 2.17 bits per heavy atom. The zero-order valence-electron chi connectivity index (χ0n) is 10.9. The lowest BCUT2D eigenvalue weighted by molar-refractivity contribution is 0.0443. The number of nitrogens with zero attached hydrogens (tertiary/aromatic N) is 1. The summed E-state index contributed by atoms with van der Waals surface area (Å²) in [6.07, 6.45) is 2.29. The van der Waals surface area contributed by atoms with Crippen LogP contribution in [0.3, 0.4) is 0 Å². The maximum Gasteiger partial charge on any atom is 0.0480 e. The lowest BCUT2D eigenvalue weighted by Crippen LogP contribution is -2.39. The van der Waals surface area contributed by atoms with Gasteiger partial charge in [0.25, 0.3) is 0 Å². The summed E-state index contributed by atoms with van der Waals surface area (Å²) in [5.41, 5.74) is 1.09. The van der Waals surface area contributed by atoms with Crippen LogP contribution in [-0.2, 0) is 4.74 Å². The minimum absolute atomic E-state index is 0.667. The monoisotopic (exact) mass is 268 g/mol. The van der Waals surface area contributed by atoms with Crippen molar-refractivity contribution in [1.82, 2.24) is 4.90 Å². The van der Waals surface area contributed by atoms with E-state index >= 15 is 0 Å². The fraction of sp³-hybridized carbons (Fsp3) is 0.571. The van der Waals surface area contributed by atoms with Crippen molar-refractivity contribution in [3.05, 3.63) is 29.3 Å². The third-order valence-electron chi connectivity index (χ3n) is 3.43. The first-order valence-corrected chi connectivity index (χ1v) is 6.91. The molecule has 1 saturated heterocycles. The van der Waals surface area contributed by atoms with Crippen LogP contribution in [0.2, 0.25) is 5.02 Å². The van der Waals surface area contributed by atoms with E-state index in [1.165, 1.54) is 0 Å². The van der Waals surface area contributed by atoms with Crippen molar-refractivity contribution in [3.8, 4) is 0 Å². The van der Waals surface area contributed by atoms with E-state index in [-0.39, 0.29) is 0 Å². The lowest BCUT2D eigenvalue weighted by atomic mass is 10.1. The average Bonchev–Trinajstić information content (AvgIpc) is 2.40. The van der Waals surface area contributed by atoms with E-state index in [1.54, 1.807) is 0 Å². The Hall–Kier alpha value is -0.770. The van der Waals surface area contributed by atoms with E-state index in [0.29, 0.717) is 6.04 Å². The zero-order chi connectivity index (χ0) is 12.8. The molecule has 0 atom stereocenters. The molecule has 3 nitrogen and oxygen atoms in total. The average molecular weight is 269 g/mol. The molecule has 2 rings (SSSR count). The molecule has 0 saturated carbocycles. The Morgan fingerprint density at radius 3 is 2.89 bits per heavy atom. The first-order valence-electron chi connectivity index (χ1n) is 6.53.